The first-order chi connectivity index (χ1) is 13.7. The number of likely N-dealkylation sites (tertiary alicyclic amines) is 1. The Bertz CT molecular complexity index is 793. The van der Waals surface area contributed by atoms with Gasteiger partial charge >= 0.3 is 0 Å². The van der Waals surface area contributed by atoms with E-state index in [4.69, 9.17) is 4.84 Å². The minimum atomic E-state index is 0.543. The Morgan fingerprint density at radius 3 is 2.39 bits per heavy atom. The van der Waals surface area contributed by atoms with Crippen LogP contribution in [0.3, 0.4) is 0 Å². The third kappa shape index (κ3) is 3.98. The molecule has 1 aromatic carbocycles. The van der Waals surface area contributed by atoms with Gasteiger partial charge in [-0.3, -0.25) is 0 Å². The van der Waals surface area contributed by atoms with Crippen LogP contribution >= 0.6 is 0 Å². The third-order valence-electron chi connectivity index (χ3n) is 7.13. The van der Waals surface area contributed by atoms with Crippen molar-refractivity contribution in [3.63, 3.8) is 0 Å². The Balaban J connectivity index is 1.45. The Labute approximate surface area is 169 Å². The zero-order chi connectivity index (χ0) is 19.5. The number of fused-ring (bicyclic) bond motifs is 1. The third-order valence-corrected chi connectivity index (χ3v) is 7.13. The van der Waals surface area contributed by atoms with E-state index >= 15 is 0 Å². The molecule has 4 nitrogen and oxygen atoms in total. The molecule has 2 heterocycles. The predicted molar refractivity (Wildman–Crippen MR) is 117 cm³/mol. The van der Waals surface area contributed by atoms with Crippen LogP contribution in [0, 0.1) is 11.8 Å². The van der Waals surface area contributed by atoms with Crippen LogP contribution in [0.25, 0.3) is 10.9 Å². The van der Waals surface area contributed by atoms with Gasteiger partial charge in [-0.2, -0.15) is 0 Å². The van der Waals surface area contributed by atoms with Crippen molar-refractivity contribution in [2.24, 2.45) is 17.0 Å². The molecule has 0 unspecified atom stereocenters. The lowest BCUT2D eigenvalue weighted by Gasteiger charge is -2.42. The van der Waals surface area contributed by atoms with Crippen molar-refractivity contribution in [3.8, 4) is 0 Å². The topological polar surface area (TPSA) is 29.8 Å². The van der Waals surface area contributed by atoms with Gasteiger partial charge in [-0.1, -0.05) is 37.2 Å². The molecule has 0 N–H and O–H groups in total. The molecule has 4 rings (SSSR count). The quantitative estimate of drug-likeness (QED) is 0.507. The second-order valence-electron chi connectivity index (χ2n) is 8.99. The van der Waals surface area contributed by atoms with Crippen molar-refractivity contribution in [1.82, 2.24) is 9.47 Å². The van der Waals surface area contributed by atoms with Crippen LogP contribution in [-0.4, -0.2) is 41.9 Å². The fraction of sp³-hybridized carbons (Fsp3) is 0.625. The van der Waals surface area contributed by atoms with Gasteiger partial charge < -0.3 is 14.3 Å². The molecule has 1 aliphatic carbocycles. The molecule has 152 valence electrons. The number of para-hydroxylation sites is 1. The highest BCUT2D eigenvalue weighted by Gasteiger charge is 2.31. The predicted octanol–water partition coefficient (Wildman–Crippen LogP) is 5.47. The normalized spacial score (nSPS) is 25.1. The minimum absolute atomic E-state index is 0.543. The van der Waals surface area contributed by atoms with Crippen molar-refractivity contribution in [2.75, 3.05) is 20.2 Å². The summed E-state index contributed by atoms with van der Waals surface area (Å²) in [5.41, 5.74) is 2.47. The molecule has 2 aromatic rings. The maximum Gasteiger partial charge on any atom is 0.106 e. The molecule has 4 heteroatoms. The van der Waals surface area contributed by atoms with Gasteiger partial charge in [0, 0.05) is 36.1 Å². The lowest BCUT2D eigenvalue weighted by Crippen LogP contribution is -2.44. The molecule has 2 fully saturated rings. The largest absolute Gasteiger partial charge is 0.399 e. The van der Waals surface area contributed by atoms with Crippen LogP contribution in [0.2, 0.25) is 0 Å². The van der Waals surface area contributed by atoms with E-state index in [9.17, 15) is 0 Å². The van der Waals surface area contributed by atoms with Crippen molar-refractivity contribution >= 4 is 17.1 Å². The number of piperidine rings is 1. The van der Waals surface area contributed by atoms with Gasteiger partial charge in [-0.25, -0.2) is 0 Å². The SMILES string of the molecule is CO/N=C\c1cc2ccccc2n1C1CCN([C@H]2CC[C@@H](C(C)C)CC2)CC1. The molecule has 1 aliphatic heterocycles. The van der Waals surface area contributed by atoms with E-state index in [1.807, 2.05) is 6.21 Å². The van der Waals surface area contributed by atoms with Crippen molar-refractivity contribution in [2.45, 2.75) is 64.5 Å². The van der Waals surface area contributed by atoms with E-state index in [1.54, 1.807) is 7.11 Å². The average Bonchev–Trinajstić information content (AvgIpc) is 3.10. The molecule has 2 aliphatic rings. The Morgan fingerprint density at radius 1 is 1.00 bits per heavy atom. The highest BCUT2D eigenvalue weighted by Crippen LogP contribution is 2.35. The maximum absolute atomic E-state index is 4.95. The van der Waals surface area contributed by atoms with Crippen LogP contribution in [0.4, 0.5) is 0 Å². The van der Waals surface area contributed by atoms with Crippen LogP contribution < -0.4 is 0 Å². The number of benzene rings is 1. The molecule has 0 radical (unpaired) electrons. The van der Waals surface area contributed by atoms with Gasteiger partial charge in [0.2, 0.25) is 0 Å². The second-order valence-corrected chi connectivity index (χ2v) is 8.99. The molecule has 0 spiro atoms. The van der Waals surface area contributed by atoms with E-state index < -0.39 is 0 Å². The highest BCUT2D eigenvalue weighted by atomic mass is 16.6. The van der Waals surface area contributed by atoms with Gasteiger partial charge in [-0.05, 0) is 62.5 Å². The Kier molecular flexibility index (Phi) is 6.05. The first-order valence-corrected chi connectivity index (χ1v) is 11.1. The van der Waals surface area contributed by atoms with E-state index in [-0.39, 0.29) is 0 Å². The lowest BCUT2D eigenvalue weighted by atomic mass is 9.79. The van der Waals surface area contributed by atoms with Crippen LogP contribution in [0.15, 0.2) is 35.5 Å². The highest BCUT2D eigenvalue weighted by molar-refractivity contribution is 5.90. The maximum atomic E-state index is 4.95. The second kappa shape index (κ2) is 8.69. The number of hydrogen-bond acceptors (Lipinski definition) is 3. The first kappa shape index (κ1) is 19.5. The van der Waals surface area contributed by atoms with Gasteiger partial charge in [0.05, 0.1) is 11.9 Å². The molecule has 0 bridgehead atoms. The molecular formula is C24H35N3O. The fourth-order valence-corrected chi connectivity index (χ4v) is 5.45. The fourth-order valence-electron chi connectivity index (χ4n) is 5.45. The Hall–Kier alpha value is -1.81. The average molecular weight is 382 g/mol. The van der Waals surface area contributed by atoms with E-state index in [0.717, 1.165) is 23.6 Å². The summed E-state index contributed by atoms with van der Waals surface area (Å²) in [4.78, 5) is 7.73. The molecular weight excluding hydrogens is 346 g/mol. The summed E-state index contributed by atoms with van der Waals surface area (Å²) in [7, 11) is 1.61. The van der Waals surface area contributed by atoms with Gasteiger partial charge in [-0.15, -0.1) is 0 Å². The molecule has 1 saturated carbocycles. The summed E-state index contributed by atoms with van der Waals surface area (Å²) in [5.74, 6) is 1.79. The summed E-state index contributed by atoms with van der Waals surface area (Å²) < 4.78 is 2.49. The standard InChI is InChI=1S/C24H35N3O/c1-18(2)19-8-10-21(11-9-19)26-14-12-22(13-15-26)27-23(17-25-28-3)16-20-6-4-5-7-24(20)27/h4-7,16-19,21-22H,8-15H2,1-3H3/b25-17-/t19-,21+. The number of aromatic nitrogens is 1. The van der Waals surface area contributed by atoms with E-state index in [1.165, 1.54) is 62.5 Å². The van der Waals surface area contributed by atoms with Gasteiger partial charge in [0.15, 0.2) is 0 Å². The number of rotatable bonds is 5. The summed E-state index contributed by atoms with van der Waals surface area (Å²) in [5, 5.41) is 5.33. The molecule has 1 saturated heterocycles. The van der Waals surface area contributed by atoms with E-state index in [0.29, 0.717) is 6.04 Å². The molecule has 0 amide bonds. The van der Waals surface area contributed by atoms with Crippen molar-refractivity contribution in [3.05, 3.63) is 36.0 Å². The molecule has 0 atom stereocenters. The van der Waals surface area contributed by atoms with Gasteiger partial charge in [0.25, 0.3) is 0 Å². The minimum Gasteiger partial charge on any atom is -0.399 e. The molecule has 1 aromatic heterocycles. The van der Waals surface area contributed by atoms with Gasteiger partial charge in [0.1, 0.15) is 7.11 Å². The lowest BCUT2D eigenvalue weighted by molar-refractivity contribution is 0.0893. The van der Waals surface area contributed by atoms with Crippen LogP contribution in [-0.2, 0) is 4.84 Å². The smallest absolute Gasteiger partial charge is 0.106 e. The summed E-state index contributed by atoms with van der Waals surface area (Å²) >= 11 is 0. The summed E-state index contributed by atoms with van der Waals surface area (Å²) in [6.45, 7) is 7.22. The van der Waals surface area contributed by atoms with Crippen LogP contribution in [0.5, 0.6) is 0 Å². The summed E-state index contributed by atoms with van der Waals surface area (Å²) in [6.07, 6.45) is 9.93. The van der Waals surface area contributed by atoms with Crippen molar-refractivity contribution in [1.29, 1.82) is 0 Å². The Morgan fingerprint density at radius 2 is 1.71 bits per heavy atom. The zero-order valence-electron chi connectivity index (χ0n) is 17.7. The summed E-state index contributed by atoms with van der Waals surface area (Å²) in [6, 6.07) is 12.3. The number of hydrogen-bond donors (Lipinski definition) is 0. The zero-order valence-corrected chi connectivity index (χ0v) is 17.7. The monoisotopic (exact) mass is 381 g/mol. The number of nitrogens with zero attached hydrogens (tertiary/aromatic N) is 3. The molecule has 28 heavy (non-hydrogen) atoms. The number of oxime groups is 1. The first-order valence-electron chi connectivity index (χ1n) is 11.1. The van der Waals surface area contributed by atoms with Crippen molar-refractivity contribution < 1.29 is 4.84 Å². The van der Waals surface area contributed by atoms with Crippen LogP contribution in [0.1, 0.15) is 64.1 Å². The van der Waals surface area contributed by atoms with E-state index in [2.05, 4.69) is 58.8 Å².